The van der Waals surface area contributed by atoms with Gasteiger partial charge in [0.1, 0.15) is 5.75 Å². The summed E-state index contributed by atoms with van der Waals surface area (Å²) in [5.74, 6) is -0.269. The van der Waals surface area contributed by atoms with Crippen molar-refractivity contribution < 1.29 is 14.3 Å². The van der Waals surface area contributed by atoms with Crippen molar-refractivity contribution in [2.24, 2.45) is 0 Å². The van der Waals surface area contributed by atoms with Crippen LogP contribution in [0.25, 0.3) is 0 Å². The number of ether oxygens (including phenoxy) is 2. The Morgan fingerprint density at radius 3 is 2.47 bits per heavy atom. The lowest BCUT2D eigenvalue weighted by Gasteiger charge is -2.09. The molecule has 5 nitrogen and oxygen atoms in total. The van der Waals surface area contributed by atoms with E-state index in [-0.39, 0.29) is 21.9 Å². The van der Waals surface area contributed by atoms with E-state index in [2.05, 4.69) is 14.7 Å². The van der Waals surface area contributed by atoms with Crippen LogP contribution in [0.1, 0.15) is 10.4 Å². The highest BCUT2D eigenvalue weighted by Gasteiger charge is 2.22. The minimum atomic E-state index is -0.701. The second-order valence-corrected chi connectivity index (χ2v) is 4.07. The molecule has 2 rings (SSSR count). The first-order valence-corrected chi connectivity index (χ1v) is 5.91. The lowest BCUT2D eigenvalue weighted by atomic mass is 10.3. The van der Waals surface area contributed by atoms with Crippen LogP contribution in [0.5, 0.6) is 11.6 Å². The first-order chi connectivity index (χ1) is 9.11. The normalized spacial score (nSPS) is 10.1. The lowest BCUT2D eigenvalue weighted by Crippen LogP contribution is -2.08. The molecule has 0 amide bonds. The van der Waals surface area contributed by atoms with Crippen molar-refractivity contribution in [3.63, 3.8) is 0 Å². The summed E-state index contributed by atoms with van der Waals surface area (Å²) in [6.07, 6.45) is 0. The first kappa shape index (κ1) is 13.6. The van der Waals surface area contributed by atoms with Crippen LogP contribution in [0.15, 0.2) is 30.3 Å². The number of hydrogen-bond acceptors (Lipinski definition) is 5. The molecule has 0 bridgehead atoms. The van der Waals surface area contributed by atoms with Crippen molar-refractivity contribution >= 4 is 29.2 Å². The molecule has 0 aliphatic rings. The van der Waals surface area contributed by atoms with E-state index in [9.17, 15) is 4.79 Å². The number of carbonyl (C=O) groups is 1. The number of benzene rings is 1. The summed E-state index contributed by atoms with van der Waals surface area (Å²) in [6.45, 7) is 0. The highest BCUT2D eigenvalue weighted by molar-refractivity contribution is 6.34. The van der Waals surface area contributed by atoms with Crippen molar-refractivity contribution in [1.29, 1.82) is 0 Å². The topological polar surface area (TPSA) is 61.3 Å². The molecule has 1 heterocycles. The summed E-state index contributed by atoms with van der Waals surface area (Å²) in [5, 5.41) is -0.249. The molecule has 0 N–H and O–H groups in total. The van der Waals surface area contributed by atoms with E-state index in [1.807, 2.05) is 6.07 Å². The third-order valence-corrected chi connectivity index (χ3v) is 2.59. The molecule has 0 saturated carbocycles. The molecule has 0 radical (unpaired) electrons. The molecule has 7 heteroatoms. The average molecular weight is 299 g/mol. The van der Waals surface area contributed by atoms with Crippen molar-refractivity contribution in [2.45, 2.75) is 0 Å². The van der Waals surface area contributed by atoms with Crippen LogP contribution in [-0.4, -0.2) is 23.0 Å². The second-order valence-electron chi connectivity index (χ2n) is 3.37. The third kappa shape index (κ3) is 3.13. The molecule has 0 spiro atoms. The molecule has 19 heavy (non-hydrogen) atoms. The average Bonchev–Trinajstić information content (AvgIpc) is 2.38. The SMILES string of the molecule is COC(=O)c1c(Cl)nc(Cl)nc1Oc1ccccc1. The highest BCUT2D eigenvalue weighted by atomic mass is 35.5. The Balaban J connectivity index is 2.46. The summed E-state index contributed by atoms with van der Waals surface area (Å²) in [5.41, 5.74) is -0.0718. The van der Waals surface area contributed by atoms with E-state index >= 15 is 0 Å². The summed E-state index contributed by atoms with van der Waals surface area (Å²) < 4.78 is 10.1. The van der Waals surface area contributed by atoms with Gasteiger partial charge in [-0.05, 0) is 23.7 Å². The Bertz CT molecular complexity index is 605. The van der Waals surface area contributed by atoms with E-state index in [1.165, 1.54) is 7.11 Å². The van der Waals surface area contributed by atoms with Gasteiger partial charge in [-0.15, -0.1) is 0 Å². The number of aromatic nitrogens is 2. The van der Waals surface area contributed by atoms with E-state index in [0.717, 1.165) is 0 Å². The van der Waals surface area contributed by atoms with Crippen molar-refractivity contribution in [3.05, 3.63) is 46.3 Å². The first-order valence-electron chi connectivity index (χ1n) is 5.16. The molecule has 2 aromatic rings. The third-order valence-electron chi connectivity index (χ3n) is 2.15. The molecule has 0 atom stereocenters. The van der Waals surface area contributed by atoms with Gasteiger partial charge in [0, 0.05) is 0 Å². The summed E-state index contributed by atoms with van der Waals surface area (Å²) >= 11 is 11.6. The van der Waals surface area contributed by atoms with Crippen LogP contribution in [0.2, 0.25) is 10.4 Å². The zero-order valence-corrected chi connectivity index (χ0v) is 11.3. The van der Waals surface area contributed by atoms with Gasteiger partial charge in [0.2, 0.25) is 11.2 Å². The van der Waals surface area contributed by atoms with Crippen LogP contribution in [0.3, 0.4) is 0 Å². The Labute approximate surface area is 119 Å². The largest absolute Gasteiger partial charge is 0.465 e. The quantitative estimate of drug-likeness (QED) is 0.494. The predicted molar refractivity (Wildman–Crippen MR) is 69.9 cm³/mol. The smallest absolute Gasteiger partial charge is 0.346 e. The summed E-state index contributed by atoms with van der Waals surface area (Å²) in [4.78, 5) is 19.2. The maximum atomic E-state index is 11.6. The fraction of sp³-hybridized carbons (Fsp3) is 0.0833. The highest BCUT2D eigenvalue weighted by Crippen LogP contribution is 2.29. The van der Waals surface area contributed by atoms with Crippen molar-refractivity contribution in [1.82, 2.24) is 9.97 Å². The zero-order valence-electron chi connectivity index (χ0n) is 9.76. The number of halogens is 2. The molecule has 1 aromatic carbocycles. The monoisotopic (exact) mass is 298 g/mol. The van der Waals surface area contributed by atoms with E-state index in [4.69, 9.17) is 27.9 Å². The Kier molecular flexibility index (Phi) is 4.19. The Morgan fingerprint density at radius 1 is 1.16 bits per heavy atom. The number of para-hydroxylation sites is 1. The van der Waals surface area contributed by atoms with E-state index in [1.54, 1.807) is 24.3 Å². The molecule has 0 fully saturated rings. The number of rotatable bonds is 3. The van der Waals surface area contributed by atoms with Gasteiger partial charge in [0.05, 0.1) is 7.11 Å². The molecule has 0 unspecified atom stereocenters. The van der Waals surface area contributed by atoms with Crippen molar-refractivity contribution in [2.75, 3.05) is 7.11 Å². The molecule has 0 aliphatic carbocycles. The lowest BCUT2D eigenvalue weighted by molar-refractivity contribution is 0.0597. The number of methoxy groups -OCH3 is 1. The van der Waals surface area contributed by atoms with Gasteiger partial charge in [-0.2, -0.15) is 4.98 Å². The van der Waals surface area contributed by atoms with Crippen LogP contribution >= 0.6 is 23.2 Å². The molecular weight excluding hydrogens is 291 g/mol. The van der Waals surface area contributed by atoms with Crippen molar-refractivity contribution in [3.8, 4) is 11.6 Å². The van der Waals surface area contributed by atoms with E-state index in [0.29, 0.717) is 5.75 Å². The Hall–Kier alpha value is -1.85. The van der Waals surface area contributed by atoms with Crippen LogP contribution in [-0.2, 0) is 4.74 Å². The molecule has 1 aromatic heterocycles. The predicted octanol–water partition coefficient (Wildman–Crippen LogP) is 3.36. The maximum Gasteiger partial charge on any atom is 0.346 e. The maximum absolute atomic E-state index is 11.6. The Morgan fingerprint density at radius 2 is 1.84 bits per heavy atom. The number of carbonyl (C=O) groups excluding carboxylic acids is 1. The number of esters is 1. The van der Waals surface area contributed by atoms with Crippen LogP contribution < -0.4 is 4.74 Å². The second kappa shape index (κ2) is 5.86. The fourth-order valence-electron chi connectivity index (χ4n) is 1.34. The molecular formula is C12H8Cl2N2O3. The fourth-order valence-corrected chi connectivity index (χ4v) is 1.78. The van der Waals surface area contributed by atoms with Gasteiger partial charge >= 0.3 is 5.97 Å². The standard InChI is InChI=1S/C12H8Cl2N2O3/c1-18-11(17)8-9(13)15-12(14)16-10(8)19-7-5-3-2-4-6-7/h2-6H,1H3. The van der Waals surface area contributed by atoms with Gasteiger partial charge < -0.3 is 9.47 Å². The van der Waals surface area contributed by atoms with Gasteiger partial charge in [-0.3, -0.25) is 0 Å². The summed E-state index contributed by atoms with van der Waals surface area (Å²) in [7, 11) is 1.22. The molecule has 0 saturated heterocycles. The minimum absolute atomic E-state index is 0.0527. The van der Waals surface area contributed by atoms with Gasteiger partial charge in [0.15, 0.2) is 10.7 Å². The van der Waals surface area contributed by atoms with Crippen LogP contribution in [0.4, 0.5) is 0 Å². The zero-order chi connectivity index (χ0) is 13.8. The van der Waals surface area contributed by atoms with Gasteiger partial charge in [-0.25, -0.2) is 9.78 Å². The van der Waals surface area contributed by atoms with E-state index < -0.39 is 5.97 Å². The minimum Gasteiger partial charge on any atom is -0.465 e. The van der Waals surface area contributed by atoms with Gasteiger partial charge in [-0.1, -0.05) is 29.8 Å². The number of hydrogen-bond donors (Lipinski definition) is 0. The van der Waals surface area contributed by atoms with Gasteiger partial charge in [0.25, 0.3) is 0 Å². The molecule has 98 valence electrons. The van der Waals surface area contributed by atoms with Crippen LogP contribution in [0, 0.1) is 0 Å². The molecule has 0 aliphatic heterocycles. The number of nitrogens with zero attached hydrogens (tertiary/aromatic N) is 2. The summed E-state index contributed by atoms with van der Waals surface area (Å²) in [6, 6.07) is 8.78.